The Bertz CT molecular complexity index is 1460. The van der Waals surface area contributed by atoms with Crippen LogP contribution in [0.15, 0.2) is 95.4 Å². The van der Waals surface area contributed by atoms with Crippen LogP contribution in [0.25, 0.3) is 28.7 Å². The fourth-order valence-electron chi connectivity index (χ4n) is 3.29. The van der Waals surface area contributed by atoms with E-state index < -0.39 is 4.92 Å². The number of nitro benzene ring substituents is 1. The number of carbonyl (C=O) groups is 1. The molecule has 0 fully saturated rings. The Morgan fingerprint density at radius 1 is 0.882 bits per heavy atom. The molecule has 166 valence electrons. The molecule has 0 atom stereocenters. The van der Waals surface area contributed by atoms with Crippen molar-refractivity contribution in [2.75, 3.05) is 5.32 Å². The molecule has 0 saturated carbocycles. The smallest absolute Gasteiger partial charge is 0.269 e. The second-order valence-corrected chi connectivity index (χ2v) is 7.20. The molecule has 0 aliphatic rings. The van der Waals surface area contributed by atoms with Crippen molar-refractivity contribution in [3.05, 3.63) is 107 Å². The number of carbonyl (C=O) groups excluding carboxylic acids is 1. The minimum absolute atomic E-state index is 0.0598. The molecule has 5 rings (SSSR count). The number of amides is 1. The first-order valence-corrected chi connectivity index (χ1v) is 10.2. The topological polar surface area (TPSA) is 129 Å². The third-order valence-electron chi connectivity index (χ3n) is 4.96. The molecule has 0 radical (unpaired) electrons. The highest BCUT2D eigenvalue weighted by Crippen LogP contribution is 2.28. The van der Waals surface area contributed by atoms with Gasteiger partial charge in [-0.2, -0.15) is 5.10 Å². The van der Waals surface area contributed by atoms with E-state index in [0.29, 0.717) is 28.7 Å². The fourth-order valence-corrected chi connectivity index (χ4v) is 3.29. The van der Waals surface area contributed by atoms with Crippen LogP contribution in [0.2, 0.25) is 0 Å². The molecule has 2 aromatic heterocycles. The van der Waals surface area contributed by atoms with Crippen LogP contribution in [0.3, 0.4) is 0 Å². The van der Waals surface area contributed by atoms with Gasteiger partial charge in [-0.1, -0.05) is 36.4 Å². The summed E-state index contributed by atoms with van der Waals surface area (Å²) < 4.78 is 7.25. The van der Waals surface area contributed by atoms with Crippen molar-refractivity contribution < 1.29 is 14.1 Å². The quantitative estimate of drug-likeness (QED) is 0.291. The molecule has 1 amide bonds. The van der Waals surface area contributed by atoms with Crippen LogP contribution in [0, 0.1) is 10.1 Å². The second kappa shape index (κ2) is 8.79. The zero-order chi connectivity index (χ0) is 23.5. The summed E-state index contributed by atoms with van der Waals surface area (Å²) >= 11 is 0. The number of nitrogens with one attached hydrogen (secondary N) is 1. The van der Waals surface area contributed by atoms with Crippen LogP contribution >= 0.6 is 0 Å². The van der Waals surface area contributed by atoms with Gasteiger partial charge >= 0.3 is 0 Å². The molecule has 10 heteroatoms. The molecule has 0 bridgehead atoms. The Labute approximate surface area is 192 Å². The third-order valence-corrected chi connectivity index (χ3v) is 4.96. The molecular weight excluding hydrogens is 436 g/mol. The van der Waals surface area contributed by atoms with Crippen molar-refractivity contribution in [3.8, 4) is 28.7 Å². The van der Waals surface area contributed by atoms with Gasteiger partial charge in [0.25, 0.3) is 17.5 Å². The molecule has 0 saturated heterocycles. The zero-order valence-corrected chi connectivity index (χ0v) is 17.5. The maximum absolute atomic E-state index is 12.8. The van der Waals surface area contributed by atoms with E-state index in [1.54, 1.807) is 30.3 Å². The number of benzene rings is 3. The highest BCUT2D eigenvalue weighted by molar-refractivity contribution is 6.04. The summed E-state index contributed by atoms with van der Waals surface area (Å²) in [5.41, 5.74) is 1.99. The molecular formula is C24H16N6O4. The van der Waals surface area contributed by atoms with E-state index in [4.69, 9.17) is 4.42 Å². The van der Waals surface area contributed by atoms with Gasteiger partial charge in [-0.25, -0.2) is 4.68 Å². The molecule has 10 nitrogen and oxygen atoms in total. The molecule has 0 spiro atoms. The Morgan fingerprint density at radius 2 is 1.53 bits per heavy atom. The fraction of sp³-hybridized carbons (Fsp3) is 0. The second-order valence-electron chi connectivity index (χ2n) is 7.20. The monoisotopic (exact) mass is 452 g/mol. The average Bonchev–Trinajstić information content (AvgIpc) is 3.53. The lowest BCUT2D eigenvalue weighted by Crippen LogP contribution is -2.15. The predicted molar refractivity (Wildman–Crippen MR) is 123 cm³/mol. The summed E-state index contributed by atoms with van der Waals surface area (Å²) in [6.07, 6.45) is 0. The van der Waals surface area contributed by atoms with Crippen molar-refractivity contribution in [1.29, 1.82) is 0 Å². The third kappa shape index (κ3) is 4.15. The summed E-state index contributed by atoms with van der Waals surface area (Å²) in [6, 6.07) is 25.4. The Kier molecular flexibility index (Phi) is 5.37. The molecule has 5 aromatic rings. The van der Waals surface area contributed by atoms with Crippen molar-refractivity contribution in [1.82, 2.24) is 20.0 Å². The molecule has 1 N–H and O–H groups in total. The Balaban J connectivity index is 1.53. The summed E-state index contributed by atoms with van der Waals surface area (Å²) in [5, 5.41) is 26.5. The van der Waals surface area contributed by atoms with E-state index in [0.717, 1.165) is 5.56 Å². The molecule has 0 unspecified atom stereocenters. The summed E-state index contributed by atoms with van der Waals surface area (Å²) in [7, 11) is 0. The average molecular weight is 452 g/mol. The highest BCUT2D eigenvalue weighted by Gasteiger charge is 2.19. The van der Waals surface area contributed by atoms with E-state index in [9.17, 15) is 14.9 Å². The number of anilines is 1. The molecule has 0 aliphatic heterocycles. The number of hydrogen-bond acceptors (Lipinski definition) is 7. The van der Waals surface area contributed by atoms with Gasteiger partial charge in [0.15, 0.2) is 5.69 Å². The first-order chi connectivity index (χ1) is 16.6. The van der Waals surface area contributed by atoms with Gasteiger partial charge in [-0.3, -0.25) is 14.9 Å². The molecule has 34 heavy (non-hydrogen) atoms. The maximum Gasteiger partial charge on any atom is 0.269 e. The zero-order valence-electron chi connectivity index (χ0n) is 17.5. The Morgan fingerprint density at radius 3 is 2.21 bits per heavy atom. The normalized spacial score (nSPS) is 10.7. The summed E-state index contributed by atoms with van der Waals surface area (Å²) in [5.74, 6) is 0.480. The van der Waals surface area contributed by atoms with Crippen molar-refractivity contribution >= 4 is 17.4 Å². The van der Waals surface area contributed by atoms with E-state index in [2.05, 4.69) is 20.6 Å². The molecule has 2 heterocycles. The van der Waals surface area contributed by atoms with Crippen LogP contribution in [0.1, 0.15) is 10.4 Å². The lowest BCUT2D eigenvalue weighted by molar-refractivity contribution is -0.384. The van der Waals surface area contributed by atoms with Crippen LogP contribution in [0.4, 0.5) is 11.5 Å². The molecule has 0 aliphatic carbocycles. The van der Waals surface area contributed by atoms with Gasteiger partial charge in [-0.05, 0) is 36.4 Å². The summed E-state index contributed by atoms with van der Waals surface area (Å²) in [4.78, 5) is 23.3. The number of rotatable bonds is 6. The van der Waals surface area contributed by atoms with E-state index >= 15 is 0 Å². The summed E-state index contributed by atoms with van der Waals surface area (Å²) in [6.45, 7) is 0. The predicted octanol–water partition coefficient (Wildman–Crippen LogP) is 4.75. The lowest BCUT2D eigenvalue weighted by atomic mass is 10.2. The minimum Gasteiger partial charge on any atom is -0.415 e. The van der Waals surface area contributed by atoms with Gasteiger partial charge in [-0.15, -0.1) is 10.2 Å². The van der Waals surface area contributed by atoms with Gasteiger partial charge in [0.05, 0.1) is 10.6 Å². The largest absolute Gasteiger partial charge is 0.415 e. The van der Waals surface area contributed by atoms with Crippen molar-refractivity contribution in [2.24, 2.45) is 0 Å². The van der Waals surface area contributed by atoms with Gasteiger partial charge in [0.1, 0.15) is 5.82 Å². The van der Waals surface area contributed by atoms with Crippen LogP contribution in [-0.2, 0) is 0 Å². The van der Waals surface area contributed by atoms with E-state index in [-0.39, 0.29) is 17.5 Å². The Hall–Kier alpha value is -5.12. The van der Waals surface area contributed by atoms with Crippen LogP contribution in [-0.4, -0.2) is 30.8 Å². The van der Waals surface area contributed by atoms with Crippen LogP contribution < -0.4 is 5.32 Å². The molecule has 3 aromatic carbocycles. The van der Waals surface area contributed by atoms with E-state index in [1.165, 1.54) is 28.9 Å². The first kappa shape index (κ1) is 20.8. The number of aromatic nitrogens is 4. The number of hydrogen-bond donors (Lipinski definition) is 1. The van der Waals surface area contributed by atoms with Gasteiger partial charge < -0.3 is 9.73 Å². The van der Waals surface area contributed by atoms with Crippen molar-refractivity contribution in [3.63, 3.8) is 0 Å². The lowest BCUT2D eigenvalue weighted by Gasteiger charge is -2.08. The first-order valence-electron chi connectivity index (χ1n) is 10.2. The van der Waals surface area contributed by atoms with E-state index in [1.807, 2.05) is 36.4 Å². The maximum atomic E-state index is 12.8. The van der Waals surface area contributed by atoms with Crippen LogP contribution in [0.5, 0.6) is 0 Å². The van der Waals surface area contributed by atoms with Gasteiger partial charge in [0.2, 0.25) is 5.89 Å². The van der Waals surface area contributed by atoms with Gasteiger partial charge in [0, 0.05) is 29.3 Å². The van der Waals surface area contributed by atoms with Crippen molar-refractivity contribution in [2.45, 2.75) is 0 Å². The number of nitrogens with zero attached hydrogens (tertiary/aromatic N) is 5. The highest BCUT2D eigenvalue weighted by atomic mass is 16.6. The standard InChI is InChI=1S/C24H16N6O4/c31-22(16-7-3-1-4-8-16)25-21-15-20(24-27-26-23(34-24)17-9-5-2-6-10-17)28-29(21)18-11-13-19(14-12-18)30(32)33/h1-15H,(H,25,31). The minimum atomic E-state index is -0.486. The number of nitro groups is 1. The number of non-ortho nitro benzene ring substituents is 1. The SMILES string of the molecule is O=C(Nc1cc(-c2nnc(-c3ccccc3)o2)nn1-c1ccc([N+](=O)[O-])cc1)c1ccccc1.